The number of pyridine rings is 1. The van der Waals surface area contributed by atoms with Gasteiger partial charge < -0.3 is 4.74 Å². The number of rotatable bonds is 3. The maximum atomic E-state index is 11.4. The van der Waals surface area contributed by atoms with E-state index in [9.17, 15) is 4.91 Å². The lowest BCUT2D eigenvalue weighted by Gasteiger charge is -2.10. The zero-order chi connectivity index (χ0) is 15.9. The first kappa shape index (κ1) is 14.3. The fourth-order valence-corrected chi connectivity index (χ4v) is 2.64. The number of aromatic nitrogens is 2. The van der Waals surface area contributed by atoms with Crippen LogP contribution in [-0.4, -0.2) is 16.5 Å². The van der Waals surface area contributed by atoms with E-state index in [1.54, 1.807) is 11.5 Å². The third-order valence-electron chi connectivity index (χ3n) is 3.97. The number of hydrogen-bond donors (Lipinski definition) is 0. The largest absolute Gasteiger partial charge is 0.496 e. The average molecular weight is 295 g/mol. The first-order chi connectivity index (χ1) is 10.6. The standard InChI is InChI=1S/C17H17N3O2/c1-10-8-13(14(22-4)9-11(10)2)16-17(19-21)20-12(3)6-5-7-15(20)18-16/h5-9H,1-4H3. The molecule has 0 saturated carbocycles. The Morgan fingerprint density at radius 2 is 1.86 bits per heavy atom. The highest BCUT2D eigenvalue weighted by atomic mass is 16.5. The van der Waals surface area contributed by atoms with E-state index in [0.717, 1.165) is 22.4 Å². The van der Waals surface area contributed by atoms with E-state index in [1.807, 2.05) is 51.1 Å². The Bertz CT molecular complexity index is 881. The highest BCUT2D eigenvalue weighted by Gasteiger charge is 2.20. The van der Waals surface area contributed by atoms with Crippen LogP contribution in [0, 0.1) is 25.7 Å². The summed E-state index contributed by atoms with van der Waals surface area (Å²) in [4.78, 5) is 16.0. The zero-order valence-electron chi connectivity index (χ0n) is 13.0. The van der Waals surface area contributed by atoms with Crippen molar-refractivity contribution >= 4 is 11.5 Å². The van der Waals surface area contributed by atoms with Crippen molar-refractivity contribution in [3.05, 3.63) is 52.1 Å². The number of ether oxygens (including phenoxy) is 1. The minimum Gasteiger partial charge on any atom is -0.496 e. The van der Waals surface area contributed by atoms with Gasteiger partial charge in [0.25, 0.3) is 0 Å². The van der Waals surface area contributed by atoms with Gasteiger partial charge in [-0.3, -0.25) is 4.40 Å². The number of aryl methyl sites for hydroxylation is 3. The Hall–Kier alpha value is -2.69. The summed E-state index contributed by atoms with van der Waals surface area (Å²) in [5.41, 5.74) is 5.17. The first-order valence-corrected chi connectivity index (χ1v) is 7.04. The smallest absolute Gasteiger partial charge is 0.210 e. The van der Waals surface area contributed by atoms with Crippen molar-refractivity contribution in [2.75, 3.05) is 7.11 Å². The van der Waals surface area contributed by atoms with Crippen LogP contribution >= 0.6 is 0 Å². The van der Waals surface area contributed by atoms with Gasteiger partial charge in [-0.05, 0) is 61.3 Å². The molecule has 0 radical (unpaired) electrons. The summed E-state index contributed by atoms with van der Waals surface area (Å²) in [6.45, 7) is 5.96. The van der Waals surface area contributed by atoms with Crippen LogP contribution < -0.4 is 4.74 Å². The van der Waals surface area contributed by atoms with Crippen LogP contribution in [0.3, 0.4) is 0 Å². The van der Waals surface area contributed by atoms with Crippen LogP contribution in [0.25, 0.3) is 16.9 Å². The summed E-state index contributed by atoms with van der Waals surface area (Å²) < 4.78 is 7.23. The van der Waals surface area contributed by atoms with Crippen LogP contribution in [0.4, 0.5) is 5.82 Å². The lowest BCUT2D eigenvalue weighted by atomic mass is 10.0. The maximum Gasteiger partial charge on any atom is 0.210 e. The molecule has 3 aromatic rings. The van der Waals surface area contributed by atoms with Gasteiger partial charge in [0.15, 0.2) is 0 Å². The Kier molecular flexibility index (Phi) is 3.41. The fraction of sp³-hybridized carbons (Fsp3) is 0.235. The molecule has 0 saturated heterocycles. The van der Waals surface area contributed by atoms with Crippen molar-refractivity contribution in [3.8, 4) is 17.0 Å². The van der Waals surface area contributed by atoms with Crippen molar-refractivity contribution in [1.29, 1.82) is 0 Å². The quantitative estimate of drug-likeness (QED) is 0.676. The van der Waals surface area contributed by atoms with Gasteiger partial charge in [-0.25, -0.2) is 4.98 Å². The van der Waals surface area contributed by atoms with Crippen LogP contribution in [0.15, 0.2) is 35.5 Å². The molecule has 0 aliphatic carbocycles. The number of methoxy groups -OCH3 is 1. The van der Waals surface area contributed by atoms with Gasteiger partial charge in [0.05, 0.1) is 7.11 Å². The molecule has 0 spiro atoms. The van der Waals surface area contributed by atoms with Gasteiger partial charge in [-0.2, -0.15) is 0 Å². The average Bonchev–Trinajstić information content (AvgIpc) is 2.89. The molecule has 0 amide bonds. The second-order valence-corrected chi connectivity index (χ2v) is 5.37. The van der Waals surface area contributed by atoms with Crippen molar-refractivity contribution in [2.24, 2.45) is 5.18 Å². The van der Waals surface area contributed by atoms with Crippen molar-refractivity contribution in [1.82, 2.24) is 9.38 Å². The van der Waals surface area contributed by atoms with Crippen molar-refractivity contribution < 1.29 is 4.74 Å². The third-order valence-corrected chi connectivity index (χ3v) is 3.97. The molecule has 5 nitrogen and oxygen atoms in total. The Morgan fingerprint density at radius 1 is 1.14 bits per heavy atom. The fourth-order valence-electron chi connectivity index (χ4n) is 2.64. The molecule has 0 N–H and O–H groups in total. The molecule has 0 atom stereocenters. The van der Waals surface area contributed by atoms with E-state index in [0.29, 0.717) is 22.9 Å². The molecule has 22 heavy (non-hydrogen) atoms. The van der Waals surface area contributed by atoms with Gasteiger partial charge in [-0.15, -0.1) is 4.91 Å². The minimum absolute atomic E-state index is 0.301. The Labute approximate surface area is 128 Å². The third kappa shape index (κ3) is 2.06. The second-order valence-electron chi connectivity index (χ2n) is 5.37. The second kappa shape index (κ2) is 5.26. The summed E-state index contributed by atoms with van der Waals surface area (Å²) in [5, 5.41) is 3.22. The number of hydrogen-bond acceptors (Lipinski definition) is 4. The van der Waals surface area contributed by atoms with Gasteiger partial charge in [0.1, 0.15) is 17.1 Å². The zero-order valence-corrected chi connectivity index (χ0v) is 13.0. The molecule has 5 heteroatoms. The maximum absolute atomic E-state index is 11.4. The number of nitroso groups, excluding NO2 is 1. The van der Waals surface area contributed by atoms with Crippen molar-refractivity contribution in [3.63, 3.8) is 0 Å². The van der Waals surface area contributed by atoms with Gasteiger partial charge >= 0.3 is 0 Å². The summed E-state index contributed by atoms with van der Waals surface area (Å²) in [7, 11) is 1.61. The molecular weight excluding hydrogens is 278 g/mol. The predicted molar refractivity (Wildman–Crippen MR) is 86.8 cm³/mol. The first-order valence-electron chi connectivity index (χ1n) is 7.04. The monoisotopic (exact) mass is 295 g/mol. The van der Waals surface area contributed by atoms with Gasteiger partial charge in [0, 0.05) is 11.3 Å². The lowest BCUT2D eigenvalue weighted by Crippen LogP contribution is -1.92. The lowest BCUT2D eigenvalue weighted by molar-refractivity contribution is 0.416. The van der Waals surface area contributed by atoms with Gasteiger partial charge in [-0.1, -0.05) is 6.07 Å². The van der Waals surface area contributed by atoms with Crippen LogP contribution in [0.5, 0.6) is 5.75 Å². The molecule has 0 aliphatic heterocycles. The van der Waals surface area contributed by atoms with E-state index in [-0.39, 0.29) is 0 Å². The van der Waals surface area contributed by atoms with Gasteiger partial charge in [0.2, 0.25) is 5.82 Å². The topological polar surface area (TPSA) is 56.0 Å². The van der Waals surface area contributed by atoms with Crippen molar-refractivity contribution in [2.45, 2.75) is 20.8 Å². The van der Waals surface area contributed by atoms with E-state index in [2.05, 4.69) is 10.2 Å². The molecule has 0 aliphatic rings. The summed E-state index contributed by atoms with van der Waals surface area (Å²) >= 11 is 0. The number of benzene rings is 1. The normalized spacial score (nSPS) is 10.9. The van der Waals surface area contributed by atoms with Crippen LogP contribution in [-0.2, 0) is 0 Å². The van der Waals surface area contributed by atoms with E-state index in [1.165, 1.54) is 0 Å². The molecule has 0 fully saturated rings. The molecule has 112 valence electrons. The molecule has 3 rings (SSSR count). The highest BCUT2D eigenvalue weighted by molar-refractivity contribution is 5.79. The molecule has 0 bridgehead atoms. The van der Waals surface area contributed by atoms with E-state index >= 15 is 0 Å². The predicted octanol–water partition coefficient (Wildman–Crippen LogP) is 4.33. The molecule has 2 heterocycles. The van der Waals surface area contributed by atoms with Crippen LogP contribution in [0.1, 0.15) is 16.8 Å². The highest BCUT2D eigenvalue weighted by Crippen LogP contribution is 2.38. The summed E-state index contributed by atoms with van der Waals surface area (Å²) in [6.07, 6.45) is 0. The summed E-state index contributed by atoms with van der Waals surface area (Å²) in [5.74, 6) is 0.990. The SMILES string of the molecule is COc1cc(C)c(C)cc1-c1nc2cccc(C)n2c1N=O. The molecule has 2 aromatic heterocycles. The van der Waals surface area contributed by atoms with E-state index in [4.69, 9.17) is 4.74 Å². The number of fused-ring (bicyclic) bond motifs is 1. The van der Waals surface area contributed by atoms with E-state index < -0.39 is 0 Å². The minimum atomic E-state index is 0.301. The summed E-state index contributed by atoms with van der Waals surface area (Å²) in [6, 6.07) is 9.63. The number of nitrogens with zero attached hydrogens (tertiary/aromatic N) is 3. The number of imidazole rings is 1. The Morgan fingerprint density at radius 3 is 2.55 bits per heavy atom. The molecule has 1 aromatic carbocycles. The molecular formula is C17H17N3O2. The van der Waals surface area contributed by atoms with Crippen LogP contribution in [0.2, 0.25) is 0 Å². The Balaban J connectivity index is 2.38. The molecule has 0 unspecified atom stereocenters.